The van der Waals surface area contributed by atoms with Crippen molar-refractivity contribution in [2.45, 2.75) is 52.6 Å². The van der Waals surface area contributed by atoms with Gasteiger partial charge in [-0.3, -0.25) is 9.69 Å². The summed E-state index contributed by atoms with van der Waals surface area (Å²) >= 11 is 0. The second kappa shape index (κ2) is 8.56. The van der Waals surface area contributed by atoms with Gasteiger partial charge in [0.1, 0.15) is 0 Å². The van der Waals surface area contributed by atoms with E-state index in [-0.39, 0.29) is 18.0 Å². The second-order valence-electron chi connectivity index (χ2n) is 8.60. The van der Waals surface area contributed by atoms with Crippen LogP contribution in [0, 0.1) is 13.8 Å². The highest BCUT2D eigenvalue weighted by molar-refractivity contribution is 5.98. The fourth-order valence-electron chi connectivity index (χ4n) is 4.26. The van der Waals surface area contributed by atoms with E-state index in [0.717, 1.165) is 29.8 Å². The molecule has 0 spiro atoms. The fraction of sp³-hybridized carbons (Fsp3) is 0.458. The molecule has 1 aliphatic heterocycles. The highest BCUT2D eigenvalue weighted by Crippen LogP contribution is 2.25. The zero-order valence-electron chi connectivity index (χ0n) is 18.4. The van der Waals surface area contributed by atoms with Crippen LogP contribution in [0.2, 0.25) is 0 Å². The molecule has 1 atom stereocenters. The number of likely N-dealkylation sites (tertiary alicyclic amines) is 1. The van der Waals surface area contributed by atoms with Crippen molar-refractivity contribution in [2.75, 3.05) is 19.6 Å². The zero-order chi connectivity index (χ0) is 21.3. The Morgan fingerprint density at radius 2 is 1.83 bits per heavy atom. The predicted octanol–water partition coefficient (Wildman–Crippen LogP) is 4.20. The lowest BCUT2D eigenvalue weighted by Gasteiger charge is -2.28. The summed E-state index contributed by atoms with van der Waals surface area (Å²) in [5.41, 5.74) is 4.69. The van der Waals surface area contributed by atoms with Crippen molar-refractivity contribution >= 4 is 16.9 Å². The smallest absolute Gasteiger partial charge is 0.253 e. The van der Waals surface area contributed by atoms with Crippen LogP contribution in [0.25, 0.3) is 11.0 Å². The number of carbonyl (C=O) groups excluding carboxylic acids is 1. The average molecular weight is 406 g/mol. The van der Waals surface area contributed by atoms with Crippen LogP contribution in [0.5, 0.6) is 0 Å². The number of hydrogen-bond acceptors (Lipinski definition) is 4. The number of pyridine rings is 1. The first-order valence-corrected chi connectivity index (χ1v) is 10.9. The lowest BCUT2D eigenvalue weighted by Crippen LogP contribution is -2.37. The van der Waals surface area contributed by atoms with Gasteiger partial charge in [-0.1, -0.05) is 29.8 Å². The lowest BCUT2D eigenvalue weighted by atomic mass is 10.0. The largest absolute Gasteiger partial charge is 0.350 e. The number of rotatable bonds is 6. The third-order valence-electron chi connectivity index (χ3n) is 5.99. The van der Waals surface area contributed by atoms with Crippen LogP contribution in [-0.4, -0.2) is 45.2 Å². The number of carbonyl (C=O) groups is 1. The number of fused-ring (bicyclic) bond motifs is 1. The summed E-state index contributed by atoms with van der Waals surface area (Å²) in [7, 11) is 0. The topological polar surface area (TPSA) is 63.1 Å². The molecule has 158 valence electrons. The van der Waals surface area contributed by atoms with E-state index < -0.39 is 0 Å². The molecule has 6 nitrogen and oxygen atoms in total. The number of amides is 1. The van der Waals surface area contributed by atoms with E-state index in [1.807, 2.05) is 17.7 Å². The highest BCUT2D eigenvalue weighted by Gasteiger charge is 2.24. The van der Waals surface area contributed by atoms with Crippen molar-refractivity contribution in [3.8, 4) is 0 Å². The van der Waals surface area contributed by atoms with Crippen molar-refractivity contribution < 1.29 is 4.79 Å². The van der Waals surface area contributed by atoms with Crippen molar-refractivity contribution in [3.63, 3.8) is 0 Å². The first kappa shape index (κ1) is 20.5. The van der Waals surface area contributed by atoms with Gasteiger partial charge in [-0.05, 0) is 65.3 Å². The molecule has 2 aromatic heterocycles. The third kappa shape index (κ3) is 4.10. The first-order chi connectivity index (χ1) is 14.4. The molecule has 0 aliphatic carbocycles. The summed E-state index contributed by atoms with van der Waals surface area (Å²) in [5.74, 6) is -0.0736. The standard InChI is InChI=1S/C24H31N5O/c1-16(2)29-23-20(14-26-29)13-21(18(4)27-23)24(30)25-15-22(28-11-5-6-12-28)19-9-7-17(3)8-10-19/h7-10,13-14,16,22H,5-6,11-12,15H2,1-4H3,(H,25,30). The number of benzene rings is 1. The number of aryl methyl sites for hydroxylation is 2. The third-order valence-corrected chi connectivity index (χ3v) is 5.99. The summed E-state index contributed by atoms with van der Waals surface area (Å²) in [6, 6.07) is 11.0. The quantitative estimate of drug-likeness (QED) is 0.668. The van der Waals surface area contributed by atoms with Crippen LogP contribution in [0.4, 0.5) is 0 Å². The van der Waals surface area contributed by atoms with Crippen LogP contribution in [0.1, 0.15) is 66.0 Å². The Morgan fingerprint density at radius 1 is 1.13 bits per heavy atom. The van der Waals surface area contributed by atoms with Crippen molar-refractivity contribution in [1.29, 1.82) is 0 Å². The molecule has 1 amide bonds. The molecule has 1 aromatic carbocycles. The van der Waals surface area contributed by atoms with Crippen LogP contribution in [0.3, 0.4) is 0 Å². The highest BCUT2D eigenvalue weighted by atomic mass is 16.1. The van der Waals surface area contributed by atoms with Gasteiger partial charge < -0.3 is 5.32 Å². The van der Waals surface area contributed by atoms with Gasteiger partial charge in [-0.25, -0.2) is 9.67 Å². The lowest BCUT2D eigenvalue weighted by molar-refractivity contribution is 0.0937. The van der Waals surface area contributed by atoms with E-state index in [1.165, 1.54) is 24.0 Å². The maximum Gasteiger partial charge on any atom is 0.253 e. The van der Waals surface area contributed by atoms with Crippen LogP contribution in [0.15, 0.2) is 36.5 Å². The molecule has 1 aliphatic rings. The van der Waals surface area contributed by atoms with Gasteiger partial charge in [0.05, 0.1) is 23.5 Å². The monoisotopic (exact) mass is 405 g/mol. The van der Waals surface area contributed by atoms with Gasteiger partial charge in [0.25, 0.3) is 5.91 Å². The normalized spacial score (nSPS) is 15.8. The molecule has 0 radical (unpaired) electrons. The number of hydrogen-bond donors (Lipinski definition) is 1. The van der Waals surface area contributed by atoms with Gasteiger partial charge in [-0.15, -0.1) is 0 Å². The molecular formula is C24H31N5O. The second-order valence-corrected chi connectivity index (χ2v) is 8.60. The molecule has 3 aromatic rings. The molecule has 3 heterocycles. The number of aromatic nitrogens is 3. The Kier molecular flexibility index (Phi) is 5.86. The summed E-state index contributed by atoms with van der Waals surface area (Å²) in [5, 5.41) is 8.50. The van der Waals surface area contributed by atoms with Gasteiger partial charge in [0.15, 0.2) is 5.65 Å². The summed E-state index contributed by atoms with van der Waals surface area (Å²) in [6.45, 7) is 10.9. The van der Waals surface area contributed by atoms with Crippen LogP contribution >= 0.6 is 0 Å². The van der Waals surface area contributed by atoms with Crippen molar-refractivity contribution in [2.24, 2.45) is 0 Å². The van der Waals surface area contributed by atoms with E-state index >= 15 is 0 Å². The van der Waals surface area contributed by atoms with E-state index in [4.69, 9.17) is 0 Å². The summed E-state index contributed by atoms with van der Waals surface area (Å²) in [6.07, 6.45) is 4.23. The molecular weight excluding hydrogens is 374 g/mol. The fourth-order valence-corrected chi connectivity index (χ4v) is 4.26. The Bertz CT molecular complexity index is 1030. The van der Waals surface area contributed by atoms with E-state index in [0.29, 0.717) is 12.1 Å². The van der Waals surface area contributed by atoms with E-state index in [1.54, 1.807) is 6.20 Å². The first-order valence-electron chi connectivity index (χ1n) is 10.9. The van der Waals surface area contributed by atoms with Crippen LogP contribution in [-0.2, 0) is 0 Å². The molecule has 0 bridgehead atoms. The molecule has 1 saturated heterocycles. The molecule has 30 heavy (non-hydrogen) atoms. The number of nitrogens with zero attached hydrogens (tertiary/aromatic N) is 4. The average Bonchev–Trinajstić information content (AvgIpc) is 3.38. The van der Waals surface area contributed by atoms with E-state index in [2.05, 4.69) is 65.3 Å². The zero-order valence-corrected chi connectivity index (χ0v) is 18.4. The molecule has 0 saturated carbocycles. The SMILES string of the molecule is Cc1ccc(C(CNC(=O)c2cc3cnn(C(C)C)c3nc2C)N2CCCC2)cc1. The maximum absolute atomic E-state index is 13.1. The Hall–Kier alpha value is -2.73. The van der Waals surface area contributed by atoms with E-state index in [9.17, 15) is 4.79 Å². The summed E-state index contributed by atoms with van der Waals surface area (Å²) < 4.78 is 1.89. The Labute approximate surface area is 178 Å². The molecule has 1 fully saturated rings. The molecule has 1 unspecified atom stereocenters. The molecule has 1 N–H and O–H groups in total. The Morgan fingerprint density at radius 3 is 2.50 bits per heavy atom. The van der Waals surface area contributed by atoms with Crippen molar-refractivity contribution in [3.05, 3.63) is 58.9 Å². The Balaban J connectivity index is 1.54. The summed E-state index contributed by atoms with van der Waals surface area (Å²) in [4.78, 5) is 20.2. The van der Waals surface area contributed by atoms with Crippen LogP contribution < -0.4 is 5.32 Å². The van der Waals surface area contributed by atoms with Gasteiger partial charge in [0, 0.05) is 18.0 Å². The van der Waals surface area contributed by atoms with Crippen molar-refractivity contribution in [1.82, 2.24) is 25.0 Å². The minimum absolute atomic E-state index is 0.0736. The predicted molar refractivity (Wildman–Crippen MR) is 120 cm³/mol. The van der Waals surface area contributed by atoms with Gasteiger partial charge >= 0.3 is 0 Å². The molecule has 6 heteroatoms. The minimum atomic E-state index is -0.0736. The molecule has 4 rings (SSSR count). The maximum atomic E-state index is 13.1. The van der Waals surface area contributed by atoms with Gasteiger partial charge in [0.2, 0.25) is 0 Å². The number of nitrogens with one attached hydrogen (secondary N) is 1. The van der Waals surface area contributed by atoms with Gasteiger partial charge in [-0.2, -0.15) is 5.10 Å². The minimum Gasteiger partial charge on any atom is -0.350 e.